The summed E-state index contributed by atoms with van der Waals surface area (Å²) < 4.78 is 0. The molecular formula is C14H12O4. The van der Waals surface area contributed by atoms with Gasteiger partial charge in [-0.1, -0.05) is 24.3 Å². The second-order valence-electron chi connectivity index (χ2n) is 3.91. The van der Waals surface area contributed by atoms with Gasteiger partial charge in [0.1, 0.15) is 17.6 Å². The van der Waals surface area contributed by atoms with Crippen LogP contribution >= 0.6 is 0 Å². The highest BCUT2D eigenvalue weighted by atomic mass is 16.3. The van der Waals surface area contributed by atoms with E-state index in [0.717, 1.165) is 0 Å². The van der Waals surface area contributed by atoms with E-state index in [0.29, 0.717) is 5.56 Å². The zero-order valence-corrected chi connectivity index (χ0v) is 9.45. The molecule has 0 saturated heterocycles. The number of phenolic OH excluding ortho intramolecular Hbond substituents is 2. The van der Waals surface area contributed by atoms with Crippen molar-refractivity contribution in [3.05, 3.63) is 59.7 Å². The lowest BCUT2D eigenvalue weighted by Crippen LogP contribution is -2.12. The van der Waals surface area contributed by atoms with Gasteiger partial charge >= 0.3 is 0 Å². The van der Waals surface area contributed by atoms with Crippen LogP contribution in [0, 0.1) is 0 Å². The lowest BCUT2D eigenvalue weighted by Gasteiger charge is -2.10. The Morgan fingerprint density at radius 1 is 0.944 bits per heavy atom. The molecule has 0 saturated carbocycles. The summed E-state index contributed by atoms with van der Waals surface area (Å²) in [6, 6.07) is 11.5. The summed E-state index contributed by atoms with van der Waals surface area (Å²) in [5.74, 6) is -0.467. The first-order valence-electron chi connectivity index (χ1n) is 5.38. The monoisotopic (exact) mass is 244 g/mol. The first kappa shape index (κ1) is 12.1. The van der Waals surface area contributed by atoms with Crippen LogP contribution in [-0.2, 0) is 0 Å². The maximum absolute atomic E-state index is 12.0. The molecule has 0 bridgehead atoms. The number of aliphatic hydroxyl groups excluding tert-OH is 1. The van der Waals surface area contributed by atoms with Gasteiger partial charge in [-0.2, -0.15) is 0 Å². The Labute approximate surface area is 104 Å². The predicted octanol–water partition coefficient (Wildman–Crippen LogP) is 2.01. The lowest BCUT2D eigenvalue weighted by molar-refractivity contribution is 0.0747. The second kappa shape index (κ2) is 4.89. The van der Waals surface area contributed by atoms with Crippen molar-refractivity contribution < 1.29 is 20.1 Å². The topological polar surface area (TPSA) is 77.8 Å². The molecule has 0 heterocycles. The summed E-state index contributed by atoms with van der Waals surface area (Å²) in [5.41, 5.74) is 0.622. The number of carbonyl (C=O) groups excluding carboxylic acids is 1. The number of phenols is 2. The van der Waals surface area contributed by atoms with Crippen molar-refractivity contribution in [3.63, 3.8) is 0 Å². The van der Waals surface area contributed by atoms with E-state index >= 15 is 0 Å². The molecule has 0 aliphatic carbocycles. The van der Waals surface area contributed by atoms with Crippen LogP contribution in [-0.4, -0.2) is 21.1 Å². The van der Waals surface area contributed by atoms with E-state index in [4.69, 9.17) is 5.11 Å². The molecule has 92 valence electrons. The summed E-state index contributed by atoms with van der Waals surface area (Å²) in [4.78, 5) is 12.0. The summed E-state index contributed by atoms with van der Waals surface area (Å²) >= 11 is 0. The maximum Gasteiger partial charge on any atom is 0.195 e. The van der Waals surface area contributed by atoms with Gasteiger partial charge in [-0.05, 0) is 29.8 Å². The van der Waals surface area contributed by atoms with Gasteiger partial charge in [-0.15, -0.1) is 0 Å². The molecule has 4 heteroatoms. The fraction of sp³-hybridized carbons (Fsp3) is 0.0714. The number of benzene rings is 2. The fourth-order valence-electron chi connectivity index (χ4n) is 1.63. The van der Waals surface area contributed by atoms with Crippen LogP contribution < -0.4 is 0 Å². The van der Waals surface area contributed by atoms with Crippen molar-refractivity contribution in [1.82, 2.24) is 0 Å². The van der Waals surface area contributed by atoms with Crippen molar-refractivity contribution in [2.45, 2.75) is 6.10 Å². The van der Waals surface area contributed by atoms with E-state index in [1.807, 2.05) is 0 Å². The molecule has 2 rings (SSSR count). The van der Waals surface area contributed by atoms with Crippen LogP contribution in [0.4, 0.5) is 0 Å². The van der Waals surface area contributed by atoms with Crippen molar-refractivity contribution in [2.75, 3.05) is 0 Å². The van der Waals surface area contributed by atoms with E-state index in [-0.39, 0.29) is 17.1 Å². The molecule has 0 aliphatic heterocycles. The van der Waals surface area contributed by atoms with Crippen LogP contribution in [0.15, 0.2) is 48.5 Å². The predicted molar refractivity (Wildman–Crippen MR) is 65.5 cm³/mol. The number of aliphatic hydroxyl groups is 1. The average Bonchev–Trinajstić information content (AvgIpc) is 2.38. The molecule has 0 aromatic heterocycles. The summed E-state index contributed by atoms with van der Waals surface area (Å²) in [7, 11) is 0. The highest BCUT2D eigenvalue weighted by molar-refractivity contribution is 6.00. The lowest BCUT2D eigenvalue weighted by atomic mass is 10.00. The first-order chi connectivity index (χ1) is 8.58. The van der Waals surface area contributed by atoms with Gasteiger partial charge in [0.2, 0.25) is 0 Å². The van der Waals surface area contributed by atoms with Crippen molar-refractivity contribution in [2.24, 2.45) is 0 Å². The Kier molecular flexibility index (Phi) is 3.30. The van der Waals surface area contributed by atoms with Crippen molar-refractivity contribution >= 4 is 5.78 Å². The van der Waals surface area contributed by atoms with Crippen LogP contribution in [0.3, 0.4) is 0 Å². The molecule has 2 aromatic rings. The van der Waals surface area contributed by atoms with Gasteiger partial charge in [0.05, 0.1) is 0 Å². The molecule has 3 N–H and O–H groups in total. The van der Waals surface area contributed by atoms with Crippen molar-refractivity contribution in [3.8, 4) is 11.5 Å². The van der Waals surface area contributed by atoms with E-state index in [9.17, 15) is 15.0 Å². The second-order valence-corrected chi connectivity index (χ2v) is 3.91. The van der Waals surface area contributed by atoms with E-state index in [1.54, 1.807) is 0 Å². The number of carbonyl (C=O) groups is 1. The summed E-state index contributed by atoms with van der Waals surface area (Å²) in [5, 5.41) is 28.3. The molecule has 18 heavy (non-hydrogen) atoms. The van der Waals surface area contributed by atoms with E-state index < -0.39 is 11.9 Å². The Balaban J connectivity index is 2.26. The molecule has 0 amide bonds. The normalized spacial score (nSPS) is 12.1. The molecule has 4 nitrogen and oxygen atoms in total. The standard InChI is InChI=1S/C14H12O4/c15-11-6-4-9(5-7-11)13(17)14(18)10-2-1-3-12(16)8-10/h1-8,13,15-17H. The minimum absolute atomic E-state index is 0.0289. The molecule has 1 atom stereocenters. The van der Waals surface area contributed by atoms with Gasteiger partial charge in [0.25, 0.3) is 0 Å². The van der Waals surface area contributed by atoms with E-state index in [2.05, 4.69) is 0 Å². The molecule has 0 radical (unpaired) electrons. The summed E-state index contributed by atoms with van der Waals surface area (Å²) in [6.45, 7) is 0. The Morgan fingerprint density at radius 2 is 1.61 bits per heavy atom. The van der Waals surface area contributed by atoms with Gasteiger partial charge in [0.15, 0.2) is 5.78 Å². The molecule has 1 unspecified atom stereocenters. The molecule has 0 aliphatic rings. The summed E-state index contributed by atoms with van der Waals surface area (Å²) in [6.07, 6.45) is -1.31. The smallest absolute Gasteiger partial charge is 0.195 e. The first-order valence-corrected chi connectivity index (χ1v) is 5.38. The maximum atomic E-state index is 12.0. The zero-order valence-electron chi connectivity index (χ0n) is 9.45. The highest BCUT2D eigenvalue weighted by Gasteiger charge is 2.19. The number of hydrogen-bond donors (Lipinski definition) is 3. The zero-order chi connectivity index (χ0) is 13.1. The number of ketones is 1. The van der Waals surface area contributed by atoms with Gasteiger partial charge < -0.3 is 15.3 Å². The minimum Gasteiger partial charge on any atom is -0.508 e. The van der Waals surface area contributed by atoms with Crippen LogP contribution in [0.2, 0.25) is 0 Å². The SMILES string of the molecule is O=C(c1cccc(O)c1)C(O)c1ccc(O)cc1. The van der Waals surface area contributed by atoms with Crippen LogP contribution in [0.25, 0.3) is 0 Å². The largest absolute Gasteiger partial charge is 0.508 e. The van der Waals surface area contributed by atoms with Crippen LogP contribution in [0.1, 0.15) is 22.0 Å². The third kappa shape index (κ3) is 2.49. The molecular weight excluding hydrogens is 232 g/mol. The third-order valence-corrected chi connectivity index (χ3v) is 2.59. The number of rotatable bonds is 3. The molecule has 0 fully saturated rings. The van der Waals surface area contributed by atoms with Gasteiger partial charge in [0, 0.05) is 5.56 Å². The Morgan fingerprint density at radius 3 is 2.22 bits per heavy atom. The Bertz CT molecular complexity index is 560. The van der Waals surface area contributed by atoms with Gasteiger partial charge in [-0.3, -0.25) is 4.79 Å². The highest BCUT2D eigenvalue weighted by Crippen LogP contribution is 2.22. The van der Waals surface area contributed by atoms with Gasteiger partial charge in [-0.25, -0.2) is 0 Å². The quantitative estimate of drug-likeness (QED) is 0.722. The van der Waals surface area contributed by atoms with Crippen LogP contribution in [0.5, 0.6) is 11.5 Å². The Hall–Kier alpha value is -2.33. The molecule has 2 aromatic carbocycles. The number of Topliss-reactive ketones (excluding diaryl/α,β-unsaturated/α-hetero) is 1. The number of aromatic hydroxyl groups is 2. The number of hydrogen-bond acceptors (Lipinski definition) is 4. The fourth-order valence-corrected chi connectivity index (χ4v) is 1.63. The molecule has 0 spiro atoms. The average molecular weight is 244 g/mol. The third-order valence-electron chi connectivity index (χ3n) is 2.59. The van der Waals surface area contributed by atoms with Crippen molar-refractivity contribution in [1.29, 1.82) is 0 Å². The minimum atomic E-state index is -1.31. The van der Waals surface area contributed by atoms with E-state index in [1.165, 1.54) is 48.5 Å².